The average molecular weight is 142 g/mol. The van der Waals surface area contributed by atoms with E-state index in [2.05, 4.69) is 11.3 Å². The smallest absolute Gasteiger partial charge is 0.310 e. The molecule has 0 aliphatic heterocycles. The number of hydrogen-bond acceptors (Lipinski definition) is 2. The number of carbonyl (C=O) groups excluding carboxylic acids is 1. The van der Waals surface area contributed by atoms with E-state index < -0.39 is 0 Å². The molecule has 2 heteroatoms. The molecule has 0 saturated heterocycles. The van der Waals surface area contributed by atoms with Crippen molar-refractivity contribution < 1.29 is 9.53 Å². The van der Waals surface area contributed by atoms with Crippen molar-refractivity contribution >= 4 is 5.97 Å². The summed E-state index contributed by atoms with van der Waals surface area (Å²) in [7, 11) is 0. The van der Waals surface area contributed by atoms with Crippen molar-refractivity contribution in [3.63, 3.8) is 0 Å². The SMILES string of the molecule is C=COC(=O)CC(C)CC. The van der Waals surface area contributed by atoms with Crippen molar-refractivity contribution in [2.24, 2.45) is 5.92 Å². The van der Waals surface area contributed by atoms with Gasteiger partial charge >= 0.3 is 5.97 Å². The molecular weight excluding hydrogens is 128 g/mol. The van der Waals surface area contributed by atoms with E-state index in [-0.39, 0.29) is 5.97 Å². The van der Waals surface area contributed by atoms with Gasteiger partial charge in [-0.05, 0) is 5.92 Å². The van der Waals surface area contributed by atoms with Gasteiger partial charge in [0.15, 0.2) is 0 Å². The minimum absolute atomic E-state index is 0.190. The van der Waals surface area contributed by atoms with Crippen molar-refractivity contribution in [1.29, 1.82) is 0 Å². The summed E-state index contributed by atoms with van der Waals surface area (Å²) >= 11 is 0. The van der Waals surface area contributed by atoms with Gasteiger partial charge in [-0.1, -0.05) is 26.8 Å². The van der Waals surface area contributed by atoms with Gasteiger partial charge < -0.3 is 4.74 Å². The number of rotatable bonds is 4. The van der Waals surface area contributed by atoms with Gasteiger partial charge in [0.2, 0.25) is 0 Å². The molecule has 0 aromatic heterocycles. The highest BCUT2D eigenvalue weighted by Crippen LogP contribution is 2.06. The highest BCUT2D eigenvalue weighted by atomic mass is 16.5. The number of hydrogen-bond donors (Lipinski definition) is 0. The summed E-state index contributed by atoms with van der Waals surface area (Å²) in [5.41, 5.74) is 0. The Morgan fingerprint density at radius 1 is 1.80 bits per heavy atom. The maximum atomic E-state index is 10.7. The molecule has 0 bridgehead atoms. The van der Waals surface area contributed by atoms with E-state index in [1.165, 1.54) is 6.26 Å². The van der Waals surface area contributed by atoms with Gasteiger partial charge in [0, 0.05) is 6.42 Å². The molecule has 0 radical (unpaired) electrons. The first-order chi connectivity index (χ1) is 4.70. The second kappa shape index (κ2) is 5.03. The van der Waals surface area contributed by atoms with Crippen LogP contribution in [0.4, 0.5) is 0 Å². The molecule has 0 aromatic rings. The molecule has 0 fully saturated rings. The fraction of sp³-hybridized carbons (Fsp3) is 0.625. The van der Waals surface area contributed by atoms with Crippen molar-refractivity contribution in [3.8, 4) is 0 Å². The van der Waals surface area contributed by atoms with Crippen LogP contribution in [0.15, 0.2) is 12.8 Å². The van der Waals surface area contributed by atoms with Crippen LogP contribution < -0.4 is 0 Å². The van der Waals surface area contributed by atoms with E-state index >= 15 is 0 Å². The maximum Gasteiger partial charge on any atom is 0.310 e. The first-order valence-electron chi connectivity index (χ1n) is 3.51. The van der Waals surface area contributed by atoms with Gasteiger partial charge in [-0.15, -0.1) is 0 Å². The van der Waals surface area contributed by atoms with Crippen molar-refractivity contribution in [2.75, 3.05) is 0 Å². The zero-order valence-corrected chi connectivity index (χ0v) is 6.59. The first kappa shape index (κ1) is 9.21. The van der Waals surface area contributed by atoms with Crippen LogP contribution in [0.25, 0.3) is 0 Å². The van der Waals surface area contributed by atoms with Crippen molar-refractivity contribution in [3.05, 3.63) is 12.8 Å². The fourth-order valence-corrected chi connectivity index (χ4v) is 0.570. The quantitative estimate of drug-likeness (QED) is 0.444. The Morgan fingerprint density at radius 3 is 2.80 bits per heavy atom. The molecule has 0 aromatic carbocycles. The number of esters is 1. The molecule has 58 valence electrons. The number of carbonyl (C=O) groups is 1. The summed E-state index contributed by atoms with van der Waals surface area (Å²) < 4.78 is 4.54. The average Bonchev–Trinajstić information content (AvgIpc) is 1.88. The van der Waals surface area contributed by atoms with E-state index in [1.54, 1.807) is 0 Å². The van der Waals surface area contributed by atoms with E-state index in [0.717, 1.165) is 6.42 Å². The van der Waals surface area contributed by atoms with Crippen LogP contribution in [0.2, 0.25) is 0 Å². The van der Waals surface area contributed by atoms with E-state index in [4.69, 9.17) is 0 Å². The Morgan fingerprint density at radius 2 is 2.40 bits per heavy atom. The summed E-state index contributed by atoms with van der Waals surface area (Å²) in [5.74, 6) is 0.219. The summed E-state index contributed by atoms with van der Waals surface area (Å²) in [6.45, 7) is 7.36. The first-order valence-corrected chi connectivity index (χ1v) is 3.51. The summed E-state index contributed by atoms with van der Waals surface area (Å²) in [4.78, 5) is 10.7. The molecular formula is C8H14O2. The van der Waals surface area contributed by atoms with Gasteiger partial charge in [-0.2, -0.15) is 0 Å². The summed E-state index contributed by atoms with van der Waals surface area (Å²) in [6.07, 6.45) is 2.67. The molecule has 0 rings (SSSR count). The lowest BCUT2D eigenvalue weighted by atomic mass is 10.1. The Balaban J connectivity index is 3.46. The van der Waals surface area contributed by atoms with Crippen LogP contribution in [-0.2, 0) is 9.53 Å². The second-order valence-electron chi connectivity index (χ2n) is 2.37. The lowest BCUT2D eigenvalue weighted by Crippen LogP contribution is -2.05. The van der Waals surface area contributed by atoms with Crippen LogP contribution in [0, 0.1) is 5.92 Å². The third kappa shape index (κ3) is 4.13. The Labute approximate surface area is 61.9 Å². The van der Waals surface area contributed by atoms with Gasteiger partial charge in [0.25, 0.3) is 0 Å². The van der Waals surface area contributed by atoms with Crippen LogP contribution in [-0.4, -0.2) is 5.97 Å². The maximum absolute atomic E-state index is 10.7. The molecule has 10 heavy (non-hydrogen) atoms. The third-order valence-corrected chi connectivity index (χ3v) is 1.43. The molecule has 0 saturated carbocycles. The van der Waals surface area contributed by atoms with Crippen molar-refractivity contribution in [2.45, 2.75) is 26.7 Å². The monoisotopic (exact) mass is 142 g/mol. The molecule has 0 aliphatic rings. The van der Waals surface area contributed by atoms with Gasteiger partial charge in [-0.3, -0.25) is 4.79 Å². The molecule has 1 atom stereocenters. The predicted molar refractivity (Wildman–Crippen MR) is 40.4 cm³/mol. The van der Waals surface area contributed by atoms with Gasteiger partial charge in [-0.25, -0.2) is 0 Å². The highest BCUT2D eigenvalue weighted by Gasteiger charge is 2.06. The Kier molecular flexibility index (Phi) is 4.63. The van der Waals surface area contributed by atoms with Gasteiger partial charge in [0.05, 0.1) is 6.26 Å². The van der Waals surface area contributed by atoms with Crippen LogP contribution >= 0.6 is 0 Å². The number of ether oxygens (including phenoxy) is 1. The second-order valence-corrected chi connectivity index (χ2v) is 2.37. The van der Waals surface area contributed by atoms with E-state index in [0.29, 0.717) is 12.3 Å². The predicted octanol–water partition coefficient (Wildman–Crippen LogP) is 2.11. The third-order valence-electron chi connectivity index (χ3n) is 1.43. The molecule has 1 unspecified atom stereocenters. The molecule has 0 amide bonds. The zero-order valence-electron chi connectivity index (χ0n) is 6.59. The summed E-state index contributed by atoms with van der Waals surface area (Å²) in [5, 5.41) is 0. The molecule has 0 N–H and O–H groups in total. The Bertz CT molecular complexity index is 118. The van der Waals surface area contributed by atoms with Crippen molar-refractivity contribution in [1.82, 2.24) is 0 Å². The largest absolute Gasteiger partial charge is 0.435 e. The molecule has 0 spiro atoms. The topological polar surface area (TPSA) is 26.3 Å². The lowest BCUT2D eigenvalue weighted by Gasteiger charge is -2.04. The molecule has 0 heterocycles. The molecule has 0 aliphatic carbocycles. The minimum atomic E-state index is -0.190. The van der Waals surface area contributed by atoms with Crippen LogP contribution in [0.1, 0.15) is 26.7 Å². The van der Waals surface area contributed by atoms with Crippen LogP contribution in [0.3, 0.4) is 0 Å². The summed E-state index contributed by atoms with van der Waals surface area (Å²) in [6, 6.07) is 0. The van der Waals surface area contributed by atoms with E-state index in [1.807, 2.05) is 13.8 Å². The Hall–Kier alpha value is -0.790. The van der Waals surface area contributed by atoms with Crippen LogP contribution in [0.5, 0.6) is 0 Å². The minimum Gasteiger partial charge on any atom is -0.435 e. The van der Waals surface area contributed by atoms with E-state index in [9.17, 15) is 4.79 Å². The van der Waals surface area contributed by atoms with Gasteiger partial charge in [0.1, 0.15) is 0 Å². The highest BCUT2D eigenvalue weighted by molar-refractivity contribution is 5.70. The standard InChI is InChI=1S/C8H14O2/c1-4-7(3)6-8(9)10-5-2/h5,7H,2,4,6H2,1,3H3. The zero-order chi connectivity index (χ0) is 7.98. The normalized spacial score (nSPS) is 12.2. The fourth-order valence-electron chi connectivity index (χ4n) is 0.570. The molecule has 2 nitrogen and oxygen atoms in total. The lowest BCUT2D eigenvalue weighted by molar-refractivity contribution is -0.138.